The molecule has 0 fully saturated rings. The third-order valence-corrected chi connectivity index (χ3v) is 4.48. The average molecular weight is 334 g/mol. The zero-order valence-corrected chi connectivity index (χ0v) is 14.0. The number of halogens is 1. The number of rotatable bonds is 7. The summed E-state index contributed by atoms with van der Waals surface area (Å²) in [6.45, 7) is 2.69. The van der Waals surface area contributed by atoms with Gasteiger partial charge >= 0.3 is 0 Å². The first-order valence-electron chi connectivity index (χ1n) is 6.69. The van der Waals surface area contributed by atoms with Crippen LogP contribution in [0.3, 0.4) is 0 Å². The summed E-state index contributed by atoms with van der Waals surface area (Å²) in [6.07, 6.45) is 2.99. The highest BCUT2D eigenvalue weighted by molar-refractivity contribution is 8.13. The van der Waals surface area contributed by atoms with Gasteiger partial charge in [0.25, 0.3) is 15.0 Å². The van der Waals surface area contributed by atoms with E-state index in [2.05, 4.69) is 6.92 Å². The molecule has 21 heavy (non-hydrogen) atoms. The Labute approximate surface area is 130 Å². The number of carbonyl (C=O) groups excluding carboxylic acids is 1. The first kappa shape index (κ1) is 17.8. The van der Waals surface area contributed by atoms with Crippen molar-refractivity contribution in [3.63, 3.8) is 0 Å². The summed E-state index contributed by atoms with van der Waals surface area (Å²) in [7, 11) is 4.54. The van der Waals surface area contributed by atoms with Gasteiger partial charge in [0.05, 0.1) is 17.6 Å². The molecule has 0 aromatic heterocycles. The van der Waals surface area contributed by atoms with Gasteiger partial charge in [-0.15, -0.1) is 0 Å². The second kappa shape index (κ2) is 7.66. The van der Waals surface area contributed by atoms with Crippen molar-refractivity contribution >= 4 is 25.6 Å². The van der Waals surface area contributed by atoms with Gasteiger partial charge in [-0.25, -0.2) is 8.42 Å². The molecule has 0 aliphatic carbocycles. The van der Waals surface area contributed by atoms with E-state index in [4.69, 9.17) is 15.4 Å². The number of hydrogen-bond acceptors (Lipinski definition) is 4. The van der Waals surface area contributed by atoms with E-state index >= 15 is 0 Å². The predicted molar refractivity (Wildman–Crippen MR) is 82.5 cm³/mol. The minimum Gasteiger partial charge on any atom is -0.496 e. The molecule has 0 saturated carbocycles. The predicted octanol–water partition coefficient (Wildman–Crippen LogP) is 2.88. The highest BCUT2D eigenvalue weighted by atomic mass is 35.7. The van der Waals surface area contributed by atoms with E-state index in [9.17, 15) is 13.2 Å². The zero-order chi connectivity index (χ0) is 16.0. The summed E-state index contributed by atoms with van der Waals surface area (Å²) in [5.74, 6) is 0.0385. The molecule has 7 heteroatoms. The fourth-order valence-electron chi connectivity index (χ4n) is 1.91. The monoisotopic (exact) mass is 333 g/mol. The minimum atomic E-state index is -3.88. The number of benzene rings is 1. The molecule has 118 valence electrons. The maximum absolute atomic E-state index is 12.4. The van der Waals surface area contributed by atoms with Crippen molar-refractivity contribution in [1.29, 1.82) is 0 Å². The highest BCUT2D eigenvalue weighted by Crippen LogP contribution is 2.25. The normalized spacial score (nSPS) is 11.2. The van der Waals surface area contributed by atoms with E-state index in [0.717, 1.165) is 19.3 Å². The van der Waals surface area contributed by atoms with Crippen LogP contribution in [0.1, 0.15) is 36.5 Å². The van der Waals surface area contributed by atoms with Crippen molar-refractivity contribution in [2.24, 2.45) is 0 Å². The second-order valence-electron chi connectivity index (χ2n) is 4.73. The van der Waals surface area contributed by atoms with Crippen LogP contribution in [0.25, 0.3) is 0 Å². The van der Waals surface area contributed by atoms with Crippen molar-refractivity contribution < 1.29 is 17.9 Å². The van der Waals surface area contributed by atoms with Crippen LogP contribution < -0.4 is 4.74 Å². The molecule has 0 aliphatic rings. The lowest BCUT2D eigenvalue weighted by Crippen LogP contribution is -2.28. The van der Waals surface area contributed by atoms with Crippen molar-refractivity contribution in [2.45, 2.75) is 31.1 Å². The van der Waals surface area contributed by atoms with Gasteiger partial charge in [0.2, 0.25) is 0 Å². The molecule has 5 nitrogen and oxygen atoms in total. The first-order chi connectivity index (χ1) is 9.81. The van der Waals surface area contributed by atoms with E-state index in [1.807, 2.05) is 0 Å². The number of nitrogens with zero attached hydrogens (tertiary/aromatic N) is 1. The van der Waals surface area contributed by atoms with Crippen LogP contribution >= 0.6 is 10.7 Å². The zero-order valence-electron chi connectivity index (χ0n) is 12.4. The van der Waals surface area contributed by atoms with Gasteiger partial charge in [-0.05, 0) is 24.6 Å². The number of carbonyl (C=O) groups is 1. The van der Waals surface area contributed by atoms with Gasteiger partial charge in [0.15, 0.2) is 0 Å². The van der Waals surface area contributed by atoms with E-state index in [1.54, 1.807) is 11.9 Å². The van der Waals surface area contributed by atoms with E-state index in [0.29, 0.717) is 12.3 Å². The van der Waals surface area contributed by atoms with Gasteiger partial charge in [-0.1, -0.05) is 19.8 Å². The molecule has 0 N–H and O–H groups in total. The molecule has 0 aliphatic heterocycles. The van der Waals surface area contributed by atoms with Crippen molar-refractivity contribution in [3.8, 4) is 5.75 Å². The number of methoxy groups -OCH3 is 1. The highest BCUT2D eigenvalue weighted by Gasteiger charge is 2.20. The van der Waals surface area contributed by atoms with Crippen molar-refractivity contribution in [1.82, 2.24) is 4.90 Å². The maximum atomic E-state index is 12.4. The Balaban J connectivity index is 3.06. The summed E-state index contributed by atoms with van der Waals surface area (Å²) in [5.41, 5.74) is 0.193. The average Bonchev–Trinajstić information content (AvgIpc) is 2.44. The molecule has 1 amide bonds. The van der Waals surface area contributed by atoms with Gasteiger partial charge < -0.3 is 9.64 Å². The third-order valence-electron chi connectivity index (χ3n) is 3.13. The van der Waals surface area contributed by atoms with Crippen LogP contribution in [-0.4, -0.2) is 39.9 Å². The standard InChI is InChI=1S/C14H20ClNO4S/c1-4-5-6-9-16(2)14(17)12-10-11(21(15,18)19)7-8-13(12)20-3/h7-8,10H,4-6,9H2,1-3H3. The largest absolute Gasteiger partial charge is 0.496 e. The summed E-state index contributed by atoms with van der Waals surface area (Å²) in [5, 5.41) is 0. The second-order valence-corrected chi connectivity index (χ2v) is 7.30. The minimum absolute atomic E-state index is 0.115. The molecule has 1 aromatic carbocycles. The third kappa shape index (κ3) is 4.89. The van der Waals surface area contributed by atoms with Crippen LogP contribution in [0.15, 0.2) is 23.1 Å². The molecule has 0 heterocycles. The van der Waals surface area contributed by atoms with Crippen LogP contribution in [0.4, 0.5) is 0 Å². The summed E-state index contributed by atoms with van der Waals surface area (Å²) < 4.78 is 27.9. The molecule has 0 unspecified atom stereocenters. The van der Waals surface area contributed by atoms with Gasteiger partial charge in [0.1, 0.15) is 5.75 Å². The summed E-state index contributed by atoms with van der Waals surface area (Å²) >= 11 is 0. The fraction of sp³-hybridized carbons (Fsp3) is 0.500. The quantitative estimate of drug-likeness (QED) is 0.568. The number of unbranched alkanes of at least 4 members (excludes halogenated alkanes) is 2. The fourth-order valence-corrected chi connectivity index (χ4v) is 2.69. The molecule has 0 radical (unpaired) electrons. The van der Waals surface area contributed by atoms with Crippen molar-refractivity contribution in [2.75, 3.05) is 20.7 Å². The number of amides is 1. The van der Waals surface area contributed by atoms with Gasteiger partial charge in [-0.3, -0.25) is 4.79 Å². The van der Waals surface area contributed by atoms with Gasteiger partial charge in [-0.2, -0.15) is 0 Å². The van der Waals surface area contributed by atoms with E-state index < -0.39 is 9.05 Å². The Hall–Kier alpha value is -1.27. The molecule has 0 bridgehead atoms. The molecule has 1 aromatic rings. The molecule has 0 spiro atoms. The Morgan fingerprint density at radius 1 is 1.33 bits per heavy atom. The van der Waals surface area contributed by atoms with Crippen LogP contribution in [0.2, 0.25) is 0 Å². The van der Waals surface area contributed by atoms with Crippen LogP contribution in [0, 0.1) is 0 Å². The van der Waals surface area contributed by atoms with E-state index in [1.165, 1.54) is 25.3 Å². The summed E-state index contributed by atoms with van der Waals surface area (Å²) in [4.78, 5) is 13.8. The molecular weight excluding hydrogens is 314 g/mol. The van der Waals surface area contributed by atoms with Crippen LogP contribution in [-0.2, 0) is 9.05 Å². The lowest BCUT2D eigenvalue weighted by Gasteiger charge is -2.18. The molecule has 1 rings (SSSR count). The number of ether oxygens (including phenoxy) is 1. The smallest absolute Gasteiger partial charge is 0.261 e. The number of hydrogen-bond donors (Lipinski definition) is 0. The van der Waals surface area contributed by atoms with E-state index in [-0.39, 0.29) is 16.4 Å². The molecule has 0 atom stereocenters. The topological polar surface area (TPSA) is 63.7 Å². The first-order valence-corrected chi connectivity index (χ1v) is 9.00. The molecular formula is C14H20ClNO4S. The molecule has 0 saturated heterocycles. The Bertz CT molecular complexity index is 601. The maximum Gasteiger partial charge on any atom is 0.261 e. The lowest BCUT2D eigenvalue weighted by molar-refractivity contribution is 0.0789. The van der Waals surface area contributed by atoms with Crippen LogP contribution in [0.5, 0.6) is 5.75 Å². The summed E-state index contributed by atoms with van der Waals surface area (Å²) in [6, 6.07) is 4.00. The lowest BCUT2D eigenvalue weighted by atomic mass is 10.1. The Morgan fingerprint density at radius 3 is 2.52 bits per heavy atom. The Kier molecular flexibility index (Phi) is 6.48. The van der Waals surface area contributed by atoms with Gasteiger partial charge in [0, 0.05) is 24.3 Å². The SMILES string of the molecule is CCCCCN(C)C(=O)c1cc(S(=O)(=O)Cl)ccc1OC. The van der Waals surface area contributed by atoms with Crippen molar-refractivity contribution in [3.05, 3.63) is 23.8 Å². The Morgan fingerprint density at radius 2 is 2.00 bits per heavy atom.